The third-order valence-electron chi connectivity index (χ3n) is 7.89. The fraction of sp³-hybridized carbons (Fsp3) is 0.704. The van der Waals surface area contributed by atoms with E-state index in [-0.39, 0.29) is 5.91 Å². The SMILES string of the molecule is CC(=O)N1CCC(CC(=O)N2CCC(Cc3ccc(CN4CCCCC4)cc3)CC2)CC1. The fourth-order valence-electron chi connectivity index (χ4n) is 5.70. The Balaban J connectivity index is 1.16. The maximum Gasteiger partial charge on any atom is 0.222 e. The van der Waals surface area contributed by atoms with Crippen molar-refractivity contribution < 1.29 is 9.59 Å². The molecule has 5 nitrogen and oxygen atoms in total. The highest BCUT2D eigenvalue weighted by molar-refractivity contribution is 5.76. The minimum Gasteiger partial charge on any atom is -0.343 e. The van der Waals surface area contributed by atoms with Crippen LogP contribution in [0.2, 0.25) is 0 Å². The zero-order valence-electron chi connectivity index (χ0n) is 19.9. The average Bonchev–Trinajstić information content (AvgIpc) is 2.82. The molecule has 3 fully saturated rings. The van der Waals surface area contributed by atoms with Crippen molar-refractivity contribution in [3.05, 3.63) is 35.4 Å². The molecule has 3 saturated heterocycles. The Morgan fingerprint density at radius 3 is 1.94 bits per heavy atom. The maximum absolute atomic E-state index is 12.8. The summed E-state index contributed by atoms with van der Waals surface area (Å²) in [5.41, 5.74) is 2.87. The number of piperidine rings is 3. The molecule has 0 spiro atoms. The van der Waals surface area contributed by atoms with Gasteiger partial charge in [0.25, 0.3) is 0 Å². The Kier molecular flexibility index (Phi) is 8.23. The molecule has 3 aliphatic rings. The van der Waals surface area contributed by atoms with Crippen LogP contribution in [-0.2, 0) is 22.6 Å². The number of hydrogen-bond donors (Lipinski definition) is 0. The van der Waals surface area contributed by atoms with E-state index in [2.05, 4.69) is 34.1 Å². The van der Waals surface area contributed by atoms with E-state index >= 15 is 0 Å². The molecule has 0 atom stereocenters. The van der Waals surface area contributed by atoms with Crippen molar-refractivity contribution in [2.45, 2.75) is 71.3 Å². The molecule has 4 rings (SSSR count). The Morgan fingerprint density at radius 2 is 1.31 bits per heavy atom. The summed E-state index contributed by atoms with van der Waals surface area (Å²) in [5, 5.41) is 0. The highest BCUT2D eigenvalue weighted by Crippen LogP contribution is 2.26. The molecular formula is C27H41N3O2. The van der Waals surface area contributed by atoms with Crippen LogP contribution in [0.15, 0.2) is 24.3 Å². The molecule has 1 aromatic rings. The van der Waals surface area contributed by atoms with Crippen LogP contribution in [-0.4, -0.2) is 65.8 Å². The predicted octanol–water partition coefficient (Wildman–Crippen LogP) is 4.10. The van der Waals surface area contributed by atoms with Gasteiger partial charge in [-0.25, -0.2) is 0 Å². The number of carbonyl (C=O) groups is 2. The van der Waals surface area contributed by atoms with Crippen LogP contribution in [0.5, 0.6) is 0 Å². The van der Waals surface area contributed by atoms with E-state index in [9.17, 15) is 9.59 Å². The summed E-state index contributed by atoms with van der Waals surface area (Å²) < 4.78 is 0. The summed E-state index contributed by atoms with van der Waals surface area (Å²) in [4.78, 5) is 30.9. The molecule has 0 aromatic heterocycles. The van der Waals surface area contributed by atoms with Crippen molar-refractivity contribution in [2.24, 2.45) is 11.8 Å². The predicted molar refractivity (Wildman–Crippen MR) is 128 cm³/mol. The lowest BCUT2D eigenvalue weighted by Crippen LogP contribution is -2.42. The van der Waals surface area contributed by atoms with E-state index < -0.39 is 0 Å². The number of hydrogen-bond acceptors (Lipinski definition) is 3. The number of carbonyl (C=O) groups excluding carboxylic acids is 2. The number of likely N-dealkylation sites (tertiary alicyclic amines) is 3. The summed E-state index contributed by atoms with van der Waals surface area (Å²) >= 11 is 0. The summed E-state index contributed by atoms with van der Waals surface area (Å²) in [6.45, 7) is 8.66. The monoisotopic (exact) mass is 439 g/mol. The Hall–Kier alpha value is -1.88. The molecular weight excluding hydrogens is 398 g/mol. The molecule has 3 aliphatic heterocycles. The largest absolute Gasteiger partial charge is 0.343 e. The third kappa shape index (κ3) is 6.57. The molecule has 3 heterocycles. The highest BCUT2D eigenvalue weighted by atomic mass is 16.2. The van der Waals surface area contributed by atoms with Gasteiger partial charge in [0.2, 0.25) is 11.8 Å². The average molecular weight is 440 g/mol. The van der Waals surface area contributed by atoms with Gasteiger partial charge < -0.3 is 9.80 Å². The van der Waals surface area contributed by atoms with Crippen molar-refractivity contribution >= 4 is 11.8 Å². The van der Waals surface area contributed by atoms with Crippen LogP contribution in [0, 0.1) is 11.8 Å². The van der Waals surface area contributed by atoms with Crippen molar-refractivity contribution in [3.8, 4) is 0 Å². The molecule has 0 aliphatic carbocycles. The minimum absolute atomic E-state index is 0.161. The number of benzene rings is 1. The first-order chi connectivity index (χ1) is 15.6. The van der Waals surface area contributed by atoms with Gasteiger partial charge in [-0.15, -0.1) is 0 Å². The highest BCUT2D eigenvalue weighted by Gasteiger charge is 2.27. The summed E-state index contributed by atoms with van der Waals surface area (Å²) in [7, 11) is 0. The van der Waals surface area contributed by atoms with Crippen molar-refractivity contribution in [2.75, 3.05) is 39.3 Å². The van der Waals surface area contributed by atoms with Crippen molar-refractivity contribution in [1.82, 2.24) is 14.7 Å². The number of rotatable bonds is 6. The van der Waals surface area contributed by atoms with Crippen molar-refractivity contribution in [1.29, 1.82) is 0 Å². The van der Waals surface area contributed by atoms with Gasteiger partial charge >= 0.3 is 0 Å². The Labute approximate surface area is 194 Å². The molecule has 0 saturated carbocycles. The second-order valence-electron chi connectivity index (χ2n) is 10.3. The standard InChI is InChI=1S/C27H41N3O2/c1-22(31)29-15-9-25(10-16-29)20-27(32)30-17-11-24(12-18-30)19-23-5-7-26(8-6-23)21-28-13-3-2-4-14-28/h5-8,24-25H,2-4,9-21H2,1H3. The molecule has 1 aromatic carbocycles. The lowest BCUT2D eigenvalue weighted by atomic mass is 9.88. The summed E-state index contributed by atoms with van der Waals surface area (Å²) in [6, 6.07) is 9.29. The van der Waals surface area contributed by atoms with Gasteiger partial charge in [0.15, 0.2) is 0 Å². The topological polar surface area (TPSA) is 43.9 Å². The fourth-order valence-corrected chi connectivity index (χ4v) is 5.70. The van der Waals surface area contributed by atoms with Crippen LogP contribution in [0.1, 0.15) is 69.4 Å². The van der Waals surface area contributed by atoms with E-state index in [0.717, 1.165) is 64.8 Å². The van der Waals surface area contributed by atoms with Gasteiger partial charge in [0.05, 0.1) is 0 Å². The lowest BCUT2D eigenvalue weighted by Gasteiger charge is -2.35. The number of nitrogens with zero attached hydrogens (tertiary/aromatic N) is 3. The molecule has 0 bridgehead atoms. The summed E-state index contributed by atoms with van der Waals surface area (Å²) in [5.74, 6) is 1.62. The van der Waals surface area contributed by atoms with Crippen LogP contribution >= 0.6 is 0 Å². The van der Waals surface area contributed by atoms with E-state index in [1.807, 2.05) is 4.90 Å². The maximum atomic E-state index is 12.8. The molecule has 176 valence electrons. The van der Waals surface area contributed by atoms with Gasteiger partial charge in [0, 0.05) is 46.1 Å². The Morgan fingerprint density at radius 1 is 0.750 bits per heavy atom. The lowest BCUT2D eigenvalue weighted by molar-refractivity contribution is -0.134. The Bertz CT molecular complexity index is 741. The molecule has 32 heavy (non-hydrogen) atoms. The second kappa shape index (κ2) is 11.3. The van der Waals surface area contributed by atoms with Crippen LogP contribution in [0.25, 0.3) is 0 Å². The van der Waals surface area contributed by atoms with Crippen LogP contribution < -0.4 is 0 Å². The first kappa shape index (κ1) is 23.3. The van der Waals surface area contributed by atoms with E-state index in [1.54, 1.807) is 6.92 Å². The summed E-state index contributed by atoms with van der Waals surface area (Å²) in [6.07, 6.45) is 10.0. The third-order valence-corrected chi connectivity index (χ3v) is 7.89. The first-order valence-electron chi connectivity index (χ1n) is 12.9. The smallest absolute Gasteiger partial charge is 0.222 e. The first-order valence-corrected chi connectivity index (χ1v) is 12.9. The zero-order valence-corrected chi connectivity index (χ0v) is 19.9. The van der Waals surface area contributed by atoms with Gasteiger partial charge in [-0.05, 0) is 81.0 Å². The number of amides is 2. The van der Waals surface area contributed by atoms with Gasteiger partial charge in [-0.1, -0.05) is 30.7 Å². The second-order valence-corrected chi connectivity index (χ2v) is 10.3. The quantitative estimate of drug-likeness (QED) is 0.670. The normalized spacial score (nSPS) is 21.7. The van der Waals surface area contributed by atoms with Gasteiger partial charge in [-0.3, -0.25) is 14.5 Å². The zero-order chi connectivity index (χ0) is 22.3. The molecule has 0 N–H and O–H groups in total. The van der Waals surface area contributed by atoms with Gasteiger partial charge in [-0.2, -0.15) is 0 Å². The molecule has 0 radical (unpaired) electrons. The van der Waals surface area contributed by atoms with Crippen LogP contribution in [0.4, 0.5) is 0 Å². The van der Waals surface area contributed by atoms with Crippen LogP contribution in [0.3, 0.4) is 0 Å². The van der Waals surface area contributed by atoms with Crippen molar-refractivity contribution in [3.63, 3.8) is 0 Å². The molecule has 0 unspecified atom stereocenters. The van der Waals surface area contributed by atoms with E-state index in [0.29, 0.717) is 24.2 Å². The van der Waals surface area contributed by atoms with E-state index in [4.69, 9.17) is 0 Å². The molecule has 5 heteroatoms. The van der Waals surface area contributed by atoms with E-state index in [1.165, 1.54) is 43.5 Å². The van der Waals surface area contributed by atoms with Gasteiger partial charge in [0.1, 0.15) is 0 Å². The minimum atomic E-state index is 0.161. The molecule has 2 amide bonds.